The van der Waals surface area contributed by atoms with Gasteiger partial charge in [-0.25, -0.2) is 9.13 Å². The highest BCUT2D eigenvalue weighted by Gasteiger charge is 2.30. The van der Waals surface area contributed by atoms with Crippen LogP contribution in [0.2, 0.25) is 0 Å². The van der Waals surface area contributed by atoms with Crippen molar-refractivity contribution >= 4 is 39.5 Å². The Balaban J connectivity index is 5.21. The van der Waals surface area contributed by atoms with Gasteiger partial charge in [0, 0.05) is 25.7 Å². The van der Waals surface area contributed by atoms with Gasteiger partial charge in [-0.3, -0.25) is 37.3 Å². The van der Waals surface area contributed by atoms with E-state index in [0.29, 0.717) is 37.5 Å². The number of carbonyl (C=O) groups excluding carboxylic acids is 4. The Morgan fingerprint density at radius 1 is 0.275 bits per heavy atom. The maximum Gasteiger partial charge on any atom is 0.472 e. The lowest BCUT2D eigenvalue weighted by Crippen LogP contribution is -2.30. The van der Waals surface area contributed by atoms with E-state index in [-0.39, 0.29) is 25.7 Å². The minimum Gasteiger partial charge on any atom is -0.462 e. The minimum atomic E-state index is -4.95. The van der Waals surface area contributed by atoms with Gasteiger partial charge < -0.3 is 33.8 Å². The van der Waals surface area contributed by atoms with E-state index in [1.165, 1.54) is 154 Å². The number of aliphatic hydroxyl groups excluding tert-OH is 1. The average Bonchev–Trinajstić information content (AvgIpc) is 3.54. The van der Waals surface area contributed by atoms with Gasteiger partial charge in [0.05, 0.1) is 26.4 Å². The number of hydrogen-bond acceptors (Lipinski definition) is 15. The molecule has 0 amide bonds. The third-order valence-electron chi connectivity index (χ3n) is 16.6. The summed E-state index contributed by atoms with van der Waals surface area (Å²) in [5.74, 6) is 0.836. The molecule has 19 heteroatoms. The number of unbranched alkanes of at least 4 members (excludes halogenated alkanes) is 35. The number of hydrogen-bond donors (Lipinski definition) is 3. The van der Waals surface area contributed by atoms with Crippen molar-refractivity contribution in [1.82, 2.24) is 0 Å². The lowest BCUT2D eigenvalue weighted by Gasteiger charge is -2.21. The lowest BCUT2D eigenvalue weighted by atomic mass is 10.0. The van der Waals surface area contributed by atoms with Crippen LogP contribution in [0.3, 0.4) is 0 Å². The zero-order chi connectivity index (χ0) is 67.5. The number of aliphatic hydroxyl groups is 1. The molecule has 0 radical (unpaired) electrons. The van der Waals surface area contributed by atoms with Gasteiger partial charge in [0.15, 0.2) is 12.2 Å². The van der Waals surface area contributed by atoms with Crippen LogP contribution in [0, 0.1) is 23.7 Å². The number of phosphoric ester groups is 2. The molecule has 3 unspecified atom stereocenters. The van der Waals surface area contributed by atoms with E-state index in [0.717, 1.165) is 108 Å². The first kappa shape index (κ1) is 89.1. The normalized spacial score (nSPS) is 14.2. The smallest absolute Gasteiger partial charge is 0.462 e. The Kier molecular flexibility index (Phi) is 60.3. The zero-order valence-electron chi connectivity index (χ0n) is 59.5. The van der Waals surface area contributed by atoms with E-state index < -0.39 is 97.5 Å². The van der Waals surface area contributed by atoms with Crippen molar-refractivity contribution in [1.29, 1.82) is 0 Å². The van der Waals surface area contributed by atoms with E-state index in [1.54, 1.807) is 0 Å². The molecule has 0 rings (SSSR count). The van der Waals surface area contributed by atoms with Gasteiger partial charge in [0.1, 0.15) is 19.3 Å². The molecule has 0 aliphatic heterocycles. The lowest BCUT2D eigenvalue weighted by molar-refractivity contribution is -0.161. The van der Waals surface area contributed by atoms with Crippen molar-refractivity contribution in [2.24, 2.45) is 23.7 Å². The van der Waals surface area contributed by atoms with Crippen LogP contribution < -0.4 is 0 Å². The second kappa shape index (κ2) is 61.6. The quantitative estimate of drug-likeness (QED) is 0.0222. The Bertz CT molecular complexity index is 1800. The highest BCUT2D eigenvalue weighted by atomic mass is 31.2. The molecule has 0 fully saturated rings. The summed E-state index contributed by atoms with van der Waals surface area (Å²) in [4.78, 5) is 72.6. The third kappa shape index (κ3) is 66.5. The largest absolute Gasteiger partial charge is 0.472 e. The van der Waals surface area contributed by atoms with Crippen molar-refractivity contribution < 1.29 is 80.2 Å². The maximum atomic E-state index is 13.0. The van der Waals surface area contributed by atoms with Crippen molar-refractivity contribution in [3.05, 3.63) is 0 Å². The van der Waals surface area contributed by atoms with Gasteiger partial charge in [0.25, 0.3) is 0 Å². The molecule has 0 aromatic rings. The van der Waals surface area contributed by atoms with Gasteiger partial charge in [-0.1, -0.05) is 306 Å². The number of carbonyl (C=O) groups is 4. The van der Waals surface area contributed by atoms with E-state index in [9.17, 15) is 43.2 Å². The molecule has 0 bridgehead atoms. The number of ether oxygens (including phenoxy) is 4. The van der Waals surface area contributed by atoms with Gasteiger partial charge >= 0.3 is 39.5 Å². The van der Waals surface area contributed by atoms with Crippen LogP contribution in [0.25, 0.3) is 0 Å². The summed E-state index contributed by atoms with van der Waals surface area (Å²) in [7, 11) is -9.90. The molecule has 0 saturated heterocycles. The highest BCUT2D eigenvalue weighted by Crippen LogP contribution is 2.45. The molecule has 3 N–H and O–H groups in total. The van der Waals surface area contributed by atoms with Crippen LogP contribution in [0.4, 0.5) is 0 Å². The summed E-state index contributed by atoms with van der Waals surface area (Å²) in [6.45, 7) is 14.1. The molecule has 540 valence electrons. The summed E-state index contributed by atoms with van der Waals surface area (Å²) < 4.78 is 68.3. The fourth-order valence-corrected chi connectivity index (χ4v) is 12.4. The predicted molar refractivity (Wildman–Crippen MR) is 367 cm³/mol. The molecular formula is C72H140O17P2. The molecule has 0 spiro atoms. The van der Waals surface area contributed by atoms with Gasteiger partial charge in [0.2, 0.25) is 0 Å². The van der Waals surface area contributed by atoms with E-state index in [1.807, 2.05) is 0 Å². The van der Waals surface area contributed by atoms with Gasteiger partial charge in [-0.15, -0.1) is 0 Å². The van der Waals surface area contributed by atoms with Crippen molar-refractivity contribution in [3.8, 4) is 0 Å². The Morgan fingerprint density at radius 2 is 0.462 bits per heavy atom. The van der Waals surface area contributed by atoms with Crippen molar-refractivity contribution in [2.75, 3.05) is 39.6 Å². The van der Waals surface area contributed by atoms with Crippen LogP contribution in [-0.2, 0) is 65.4 Å². The summed E-state index contributed by atoms with van der Waals surface area (Å²) in [5.41, 5.74) is 0. The highest BCUT2D eigenvalue weighted by molar-refractivity contribution is 7.47. The molecule has 0 aromatic carbocycles. The zero-order valence-corrected chi connectivity index (χ0v) is 61.3. The van der Waals surface area contributed by atoms with Crippen molar-refractivity contribution in [2.45, 2.75) is 375 Å². The maximum absolute atomic E-state index is 13.0. The second-order valence-electron chi connectivity index (χ2n) is 27.9. The molecule has 0 saturated carbocycles. The first-order valence-electron chi connectivity index (χ1n) is 37.2. The predicted octanol–water partition coefficient (Wildman–Crippen LogP) is 20.5. The summed E-state index contributed by atoms with van der Waals surface area (Å²) >= 11 is 0. The molecule has 0 heterocycles. The first-order chi connectivity index (χ1) is 43.6. The SMILES string of the molecule is CC(C)CCCCCCCCCCCCCCCCC(=O)OC[C@H](COP(=O)(O)OCC(O)COP(=O)(O)OC[C@@H](COC(=O)CCCCCCCCCC(C)C)OC(=O)CCCCCCCCCCCCCC(C)C)OC(=O)CCCCCCCCCC(C)C. The van der Waals surface area contributed by atoms with Crippen LogP contribution in [0.5, 0.6) is 0 Å². The molecule has 5 atom stereocenters. The molecule has 0 aliphatic carbocycles. The van der Waals surface area contributed by atoms with Crippen LogP contribution in [0.15, 0.2) is 0 Å². The molecular weight excluding hydrogens is 1200 g/mol. The monoisotopic (exact) mass is 1340 g/mol. The Hall–Kier alpha value is -1.94. The van der Waals surface area contributed by atoms with Crippen LogP contribution in [0.1, 0.15) is 357 Å². The number of phosphoric acid groups is 2. The fourth-order valence-electron chi connectivity index (χ4n) is 10.8. The fraction of sp³-hybridized carbons (Fsp3) is 0.944. The summed E-state index contributed by atoms with van der Waals surface area (Å²) in [6.07, 6.45) is 44.6. The Labute approximate surface area is 556 Å². The summed E-state index contributed by atoms with van der Waals surface area (Å²) in [5, 5.41) is 10.6. The van der Waals surface area contributed by atoms with E-state index in [2.05, 4.69) is 55.4 Å². The second-order valence-corrected chi connectivity index (χ2v) is 30.8. The molecule has 91 heavy (non-hydrogen) atoms. The average molecular weight is 1340 g/mol. The van der Waals surface area contributed by atoms with E-state index >= 15 is 0 Å². The van der Waals surface area contributed by atoms with Gasteiger partial charge in [-0.2, -0.15) is 0 Å². The third-order valence-corrected chi connectivity index (χ3v) is 18.5. The molecule has 0 aromatic heterocycles. The summed E-state index contributed by atoms with van der Waals surface area (Å²) in [6, 6.07) is 0. The molecule has 17 nitrogen and oxygen atoms in total. The molecule has 0 aliphatic rings. The van der Waals surface area contributed by atoms with Gasteiger partial charge in [-0.05, 0) is 49.4 Å². The van der Waals surface area contributed by atoms with Crippen LogP contribution in [-0.4, -0.2) is 96.7 Å². The Morgan fingerprint density at radius 3 is 0.681 bits per heavy atom. The minimum absolute atomic E-state index is 0.103. The number of rotatable bonds is 69. The van der Waals surface area contributed by atoms with Crippen LogP contribution >= 0.6 is 15.6 Å². The number of esters is 4. The van der Waals surface area contributed by atoms with E-state index in [4.69, 9.17) is 37.0 Å². The topological polar surface area (TPSA) is 237 Å². The standard InChI is InChI=1S/C72H140O17P2/c1-62(2)48-40-32-24-18-14-11-9-10-12-16-20-28-36-44-52-69(74)82-58-68(89-72(77)55-47-39-31-23-27-35-43-51-65(7)8)61-87-91(80,81)85-57-66(73)56-84-90(78,79)86-60-67(59-83-70(75)53-45-37-30-22-26-34-42-50-64(5)6)88-71(76)54-46-38-29-21-17-13-15-19-25-33-41-49-63(3)4/h62-68,73H,9-61H2,1-8H3,(H,78,79)(H,80,81)/t66?,67-,68-/m1/s1. The first-order valence-corrected chi connectivity index (χ1v) is 40.2. The van der Waals surface area contributed by atoms with Crippen molar-refractivity contribution in [3.63, 3.8) is 0 Å².